The Labute approximate surface area is 167 Å². The molecule has 0 bridgehead atoms. The highest BCUT2D eigenvalue weighted by Gasteiger charge is 2.16. The summed E-state index contributed by atoms with van der Waals surface area (Å²) < 4.78 is 5.68. The van der Waals surface area contributed by atoms with Gasteiger partial charge in [-0.05, 0) is 41.4 Å². The van der Waals surface area contributed by atoms with Crippen molar-refractivity contribution < 1.29 is 14.3 Å². The van der Waals surface area contributed by atoms with Gasteiger partial charge in [-0.3, -0.25) is 4.79 Å². The maximum absolute atomic E-state index is 12.7. The molecule has 3 nitrogen and oxygen atoms in total. The van der Waals surface area contributed by atoms with E-state index in [9.17, 15) is 9.59 Å². The van der Waals surface area contributed by atoms with E-state index in [4.69, 9.17) is 4.74 Å². The van der Waals surface area contributed by atoms with E-state index in [0.29, 0.717) is 16.9 Å². The maximum atomic E-state index is 12.7. The minimum absolute atomic E-state index is 0.0581. The first-order chi connectivity index (χ1) is 13.7. The SMILES string of the molecule is O=C(Oc1cccc2cccc(SC(=O)c3ccccc3)c12)c1ccccc1. The summed E-state index contributed by atoms with van der Waals surface area (Å²) in [5, 5.41) is 1.60. The van der Waals surface area contributed by atoms with Crippen molar-refractivity contribution in [2.45, 2.75) is 4.90 Å². The topological polar surface area (TPSA) is 43.4 Å². The Hall–Kier alpha value is -3.37. The summed E-state index contributed by atoms with van der Waals surface area (Å²) in [6.45, 7) is 0. The van der Waals surface area contributed by atoms with Crippen LogP contribution < -0.4 is 4.74 Å². The summed E-state index contributed by atoms with van der Waals surface area (Å²) >= 11 is 1.13. The summed E-state index contributed by atoms with van der Waals surface area (Å²) in [7, 11) is 0. The number of fused-ring (bicyclic) bond motifs is 1. The summed E-state index contributed by atoms with van der Waals surface area (Å²) in [6.07, 6.45) is 0. The molecule has 0 aliphatic rings. The number of thioether (sulfide) groups is 1. The third-order valence-electron chi connectivity index (χ3n) is 4.25. The number of hydrogen-bond donors (Lipinski definition) is 0. The zero-order valence-corrected chi connectivity index (χ0v) is 15.7. The Morgan fingerprint density at radius 2 is 1.25 bits per heavy atom. The molecule has 0 saturated carbocycles. The lowest BCUT2D eigenvalue weighted by molar-refractivity contribution is 0.0737. The lowest BCUT2D eigenvalue weighted by Crippen LogP contribution is -2.08. The average Bonchev–Trinajstić information content (AvgIpc) is 2.75. The monoisotopic (exact) mass is 384 g/mol. The molecular formula is C24H16O3S. The predicted molar refractivity (Wildman–Crippen MR) is 112 cm³/mol. The van der Waals surface area contributed by atoms with E-state index in [0.717, 1.165) is 27.4 Å². The van der Waals surface area contributed by atoms with Gasteiger partial charge in [0.2, 0.25) is 5.12 Å². The highest BCUT2D eigenvalue weighted by Crippen LogP contribution is 2.36. The average molecular weight is 384 g/mol. The fraction of sp³-hybridized carbons (Fsp3) is 0. The molecule has 136 valence electrons. The van der Waals surface area contributed by atoms with Crippen molar-refractivity contribution in [1.29, 1.82) is 0 Å². The minimum atomic E-state index is -0.428. The molecule has 0 fully saturated rings. The van der Waals surface area contributed by atoms with Crippen LogP contribution in [0.25, 0.3) is 10.8 Å². The van der Waals surface area contributed by atoms with Crippen LogP contribution in [-0.2, 0) is 0 Å². The Kier molecular flexibility index (Phi) is 5.22. The summed E-state index contributed by atoms with van der Waals surface area (Å²) in [5.41, 5.74) is 1.10. The molecule has 0 aromatic heterocycles. The van der Waals surface area contributed by atoms with Crippen LogP contribution in [-0.4, -0.2) is 11.1 Å². The van der Waals surface area contributed by atoms with E-state index in [1.807, 2.05) is 54.6 Å². The van der Waals surface area contributed by atoms with Crippen molar-refractivity contribution in [2.75, 3.05) is 0 Å². The largest absolute Gasteiger partial charge is 0.422 e. The first kappa shape index (κ1) is 18.0. The van der Waals surface area contributed by atoms with Crippen LogP contribution >= 0.6 is 11.8 Å². The van der Waals surface area contributed by atoms with E-state index >= 15 is 0 Å². The van der Waals surface area contributed by atoms with Crippen molar-refractivity contribution in [3.05, 3.63) is 108 Å². The zero-order chi connectivity index (χ0) is 19.3. The number of rotatable bonds is 4. The van der Waals surface area contributed by atoms with Crippen molar-refractivity contribution in [1.82, 2.24) is 0 Å². The molecule has 0 unspecified atom stereocenters. The lowest BCUT2D eigenvalue weighted by Gasteiger charge is -2.11. The van der Waals surface area contributed by atoms with Gasteiger partial charge in [0.05, 0.1) is 5.56 Å². The molecule has 0 heterocycles. The van der Waals surface area contributed by atoms with Gasteiger partial charge in [0.25, 0.3) is 0 Å². The molecule has 0 N–H and O–H groups in total. The Morgan fingerprint density at radius 3 is 1.93 bits per heavy atom. The van der Waals surface area contributed by atoms with Gasteiger partial charge < -0.3 is 4.74 Å². The van der Waals surface area contributed by atoms with E-state index in [1.54, 1.807) is 42.5 Å². The molecule has 4 aromatic carbocycles. The van der Waals surface area contributed by atoms with Gasteiger partial charge in [0, 0.05) is 15.8 Å². The molecular weight excluding hydrogens is 368 g/mol. The number of ether oxygens (including phenoxy) is 1. The van der Waals surface area contributed by atoms with Gasteiger partial charge in [-0.1, -0.05) is 72.8 Å². The van der Waals surface area contributed by atoms with Crippen LogP contribution in [0.15, 0.2) is 102 Å². The van der Waals surface area contributed by atoms with E-state index < -0.39 is 5.97 Å². The molecule has 4 aromatic rings. The highest BCUT2D eigenvalue weighted by atomic mass is 32.2. The molecule has 0 saturated heterocycles. The third-order valence-corrected chi connectivity index (χ3v) is 5.23. The lowest BCUT2D eigenvalue weighted by atomic mass is 10.1. The standard InChI is InChI=1S/C24H16O3S/c25-23(18-9-3-1-4-10-18)27-20-15-7-13-17-14-8-16-21(22(17)20)28-24(26)19-11-5-2-6-12-19/h1-16H. The third kappa shape index (κ3) is 3.82. The van der Waals surface area contributed by atoms with Crippen molar-refractivity contribution >= 4 is 33.6 Å². The van der Waals surface area contributed by atoms with E-state index in [2.05, 4.69) is 0 Å². The number of carbonyl (C=O) groups excluding carboxylic acids is 2. The maximum Gasteiger partial charge on any atom is 0.343 e. The second kappa shape index (κ2) is 8.11. The fourth-order valence-corrected chi connectivity index (χ4v) is 3.83. The molecule has 4 rings (SSSR count). The Balaban J connectivity index is 1.70. The predicted octanol–water partition coefficient (Wildman–Crippen LogP) is 5.99. The second-order valence-electron chi connectivity index (χ2n) is 6.12. The molecule has 0 amide bonds. The van der Waals surface area contributed by atoms with E-state index in [-0.39, 0.29) is 5.12 Å². The number of esters is 1. The van der Waals surface area contributed by atoms with Gasteiger partial charge in [-0.25, -0.2) is 4.79 Å². The molecule has 0 radical (unpaired) electrons. The first-order valence-electron chi connectivity index (χ1n) is 8.78. The molecule has 28 heavy (non-hydrogen) atoms. The zero-order valence-electron chi connectivity index (χ0n) is 14.9. The number of carbonyl (C=O) groups is 2. The molecule has 0 atom stereocenters. The number of benzene rings is 4. The minimum Gasteiger partial charge on any atom is -0.422 e. The summed E-state index contributed by atoms with van der Waals surface area (Å²) in [6, 6.07) is 29.2. The van der Waals surface area contributed by atoms with Gasteiger partial charge in [-0.15, -0.1) is 0 Å². The van der Waals surface area contributed by atoms with Crippen LogP contribution in [0.4, 0.5) is 0 Å². The van der Waals surface area contributed by atoms with Gasteiger partial charge >= 0.3 is 5.97 Å². The number of hydrogen-bond acceptors (Lipinski definition) is 4. The van der Waals surface area contributed by atoms with Crippen molar-refractivity contribution in [2.24, 2.45) is 0 Å². The van der Waals surface area contributed by atoms with Gasteiger partial charge in [-0.2, -0.15) is 0 Å². The summed E-state index contributed by atoms with van der Waals surface area (Å²) in [4.78, 5) is 25.9. The normalized spacial score (nSPS) is 10.6. The van der Waals surface area contributed by atoms with Crippen LogP contribution in [0.2, 0.25) is 0 Å². The Morgan fingerprint density at radius 1 is 0.643 bits per heavy atom. The first-order valence-corrected chi connectivity index (χ1v) is 9.60. The van der Waals surface area contributed by atoms with Crippen LogP contribution in [0.1, 0.15) is 20.7 Å². The fourth-order valence-electron chi connectivity index (χ4n) is 2.91. The smallest absolute Gasteiger partial charge is 0.343 e. The van der Waals surface area contributed by atoms with Crippen LogP contribution in [0.3, 0.4) is 0 Å². The van der Waals surface area contributed by atoms with Crippen molar-refractivity contribution in [3.63, 3.8) is 0 Å². The quantitative estimate of drug-likeness (QED) is 0.246. The highest BCUT2D eigenvalue weighted by molar-refractivity contribution is 8.14. The summed E-state index contributed by atoms with van der Waals surface area (Å²) in [5.74, 6) is 0.0117. The van der Waals surface area contributed by atoms with Crippen LogP contribution in [0, 0.1) is 0 Å². The van der Waals surface area contributed by atoms with Gasteiger partial charge in [0.1, 0.15) is 5.75 Å². The molecule has 4 heteroatoms. The molecule has 0 aliphatic carbocycles. The molecule has 0 spiro atoms. The van der Waals surface area contributed by atoms with Crippen molar-refractivity contribution in [3.8, 4) is 5.75 Å². The van der Waals surface area contributed by atoms with Gasteiger partial charge in [0.15, 0.2) is 0 Å². The second-order valence-corrected chi connectivity index (χ2v) is 7.14. The van der Waals surface area contributed by atoms with E-state index in [1.165, 1.54) is 0 Å². The van der Waals surface area contributed by atoms with Crippen LogP contribution in [0.5, 0.6) is 5.75 Å². The molecule has 0 aliphatic heterocycles. The Bertz CT molecular complexity index is 1050.